The van der Waals surface area contributed by atoms with Crippen LogP contribution in [0.1, 0.15) is 35.3 Å². The van der Waals surface area contributed by atoms with Crippen LogP contribution in [0.25, 0.3) is 0 Å². The largest absolute Gasteiger partial charge is 0.335 e. The van der Waals surface area contributed by atoms with Gasteiger partial charge in [0.15, 0.2) is 0 Å². The SMILES string of the molecule is CC(c1ccccc1)N1CC(C(=O)Nc2ccccc2NC(=O)c2cccnc2)CC1=O. The summed E-state index contributed by atoms with van der Waals surface area (Å²) in [6.07, 6.45) is 3.23. The zero-order chi connectivity index (χ0) is 22.5. The molecule has 1 saturated heterocycles. The summed E-state index contributed by atoms with van der Waals surface area (Å²) in [5.41, 5.74) is 2.41. The van der Waals surface area contributed by atoms with Gasteiger partial charge in [0.1, 0.15) is 0 Å². The first-order valence-electron chi connectivity index (χ1n) is 10.5. The van der Waals surface area contributed by atoms with E-state index in [1.807, 2.05) is 37.3 Å². The quantitative estimate of drug-likeness (QED) is 0.623. The van der Waals surface area contributed by atoms with E-state index in [0.29, 0.717) is 23.5 Å². The van der Waals surface area contributed by atoms with Crippen molar-refractivity contribution in [2.45, 2.75) is 19.4 Å². The summed E-state index contributed by atoms with van der Waals surface area (Å²) >= 11 is 0. The first kappa shape index (κ1) is 21.2. The molecule has 2 atom stereocenters. The fraction of sp³-hybridized carbons (Fsp3) is 0.200. The molecular weight excluding hydrogens is 404 g/mol. The van der Waals surface area contributed by atoms with E-state index >= 15 is 0 Å². The Balaban J connectivity index is 1.43. The average Bonchev–Trinajstić information content (AvgIpc) is 3.22. The van der Waals surface area contributed by atoms with Crippen molar-refractivity contribution in [3.05, 3.63) is 90.3 Å². The first-order valence-corrected chi connectivity index (χ1v) is 10.5. The van der Waals surface area contributed by atoms with Crippen LogP contribution < -0.4 is 10.6 Å². The van der Waals surface area contributed by atoms with Crippen molar-refractivity contribution in [1.29, 1.82) is 0 Å². The molecule has 3 aromatic rings. The Labute approximate surface area is 186 Å². The predicted octanol–water partition coefficient (Wildman–Crippen LogP) is 3.88. The summed E-state index contributed by atoms with van der Waals surface area (Å²) in [5, 5.41) is 5.69. The highest BCUT2D eigenvalue weighted by molar-refractivity contribution is 6.07. The molecule has 2 heterocycles. The van der Waals surface area contributed by atoms with E-state index in [2.05, 4.69) is 15.6 Å². The lowest BCUT2D eigenvalue weighted by Gasteiger charge is -2.25. The van der Waals surface area contributed by atoms with Crippen LogP contribution in [0.2, 0.25) is 0 Å². The number of benzene rings is 2. The van der Waals surface area contributed by atoms with Crippen molar-refractivity contribution in [2.75, 3.05) is 17.2 Å². The third-order valence-electron chi connectivity index (χ3n) is 5.64. The predicted molar refractivity (Wildman–Crippen MR) is 122 cm³/mol. The maximum Gasteiger partial charge on any atom is 0.257 e. The van der Waals surface area contributed by atoms with Gasteiger partial charge < -0.3 is 15.5 Å². The highest BCUT2D eigenvalue weighted by Gasteiger charge is 2.37. The monoisotopic (exact) mass is 428 g/mol. The second kappa shape index (κ2) is 9.43. The lowest BCUT2D eigenvalue weighted by Crippen LogP contribution is -2.30. The molecule has 162 valence electrons. The van der Waals surface area contributed by atoms with Crippen LogP contribution in [0, 0.1) is 5.92 Å². The van der Waals surface area contributed by atoms with E-state index in [-0.39, 0.29) is 30.2 Å². The molecule has 1 aromatic heterocycles. The Bertz CT molecular complexity index is 1120. The number of rotatable bonds is 6. The van der Waals surface area contributed by atoms with Crippen molar-refractivity contribution in [1.82, 2.24) is 9.88 Å². The zero-order valence-electron chi connectivity index (χ0n) is 17.7. The summed E-state index contributed by atoms with van der Waals surface area (Å²) < 4.78 is 0. The van der Waals surface area contributed by atoms with Crippen molar-refractivity contribution in [2.24, 2.45) is 5.92 Å². The van der Waals surface area contributed by atoms with E-state index in [1.54, 1.807) is 47.5 Å². The summed E-state index contributed by atoms with van der Waals surface area (Å²) in [6.45, 7) is 2.32. The summed E-state index contributed by atoms with van der Waals surface area (Å²) in [6, 6.07) is 20.0. The van der Waals surface area contributed by atoms with E-state index in [0.717, 1.165) is 5.56 Å². The molecule has 2 N–H and O–H groups in total. The van der Waals surface area contributed by atoms with Crippen LogP contribution in [-0.4, -0.2) is 34.2 Å². The number of anilines is 2. The highest BCUT2D eigenvalue weighted by atomic mass is 16.2. The minimum absolute atomic E-state index is 0.0420. The molecule has 0 radical (unpaired) electrons. The van der Waals surface area contributed by atoms with Gasteiger partial charge >= 0.3 is 0 Å². The van der Waals surface area contributed by atoms with E-state index in [1.165, 1.54) is 6.20 Å². The third-order valence-corrected chi connectivity index (χ3v) is 5.64. The number of aromatic nitrogens is 1. The van der Waals surface area contributed by atoms with Gasteiger partial charge in [0, 0.05) is 25.4 Å². The maximum absolute atomic E-state index is 13.0. The lowest BCUT2D eigenvalue weighted by molar-refractivity contribution is -0.129. The number of carbonyl (C=O) groups is 3. The van der Waals surface area contributed by atoms with Crippen LogP contribution in [0.5, 0.6) is 0 Å². The number of amides is 3. The number of hydrogen-bond acceptors (Lipinski definition) is 4. The number of carbonyl (C=O) groups excluding carboxylic acids is 3. The van der Waals surface area contributed by atoms with Crippen LogP contribution in [-0.2, 0) is 9.59 Å². The van der Waals surface area contributed by atoms with Gasteiger partial charge in [-0.15, -0.1) is 0 Å². The number of nitrogens with zero attached hydrogens (tertiary/aromatic N) is 2. The molecule has 0 spiro atoms. The van der Waals surface area contributed by atoms with Crippen LogP contribution in [0.3, 0.4) is 0 Å². The lowest BCUT2D eigenvalue weighted by atomic mass is 10.1. The van der Waals surface area contributed by atoms with Gasteiger partial charge in [-0.1, -0.05) is 42.5 Å². The standard InChI is InChI=1S/C25H24N4O3/c1-17(18-8-3-2-4-9-18)29-16-20(14-23(29)30)25(32)28-22-12-6-5-11-21(22)27-24(31)19-10-7-13-26-15-19/h2-13,15,17,20H,14,16H2,1H3,(H,27,31)(H,28,32). The number of pyridine rings is 1. The summed E-state index contributed by atoms with van der Waals surface area (Å²) in [5.74, 6) is -1.07. The fourth-order valence-corrected chi connectivity index (χ4v) is 3.82. The van der Waals surface area contributed by atoms with E-state index in [9.17, 15) is 14.4 Å². The number of hydrogen-bond donors (Lipinski definition) is 2. The Morgan fingerprint density at radius 1 is 0.969 bits per heavy atom. The summed E-state index contributed by atoms with van der Waals surface area (Å²) in [4.78, 5) is 43.8. The topological polar surface area (TPSA) is 91.4 Å². The average molecular weight is 428 g/mol. The number of nitrogens with one attached hydrogen (secondary N) is 2. The van der Waals surface area contributed by atoms with Gasteiger partial charge in [0.25, 0.3) is 5.91 Å². The highest BCUT2D eigenvalue weighted by Crippen LogP contribution is 2.30. The van der Waals surface area contributed by atoms with Crippen molar-refractivity contribution in [3.8, 4) is 0 Å². The minimum Gasteiger partial charge on any atom is -0.335 e. The molecule has 3 amide bonds. The van der Waals surface area contributed by atoms with Gasteiger partial charge in [-0.05, 0) is 36.8 Å². The zero-order valence-corrected chi connectivity index (χ0v) is 17.7. The second-order valence-electron chi connectivity index (χ2n) is 7.76. The molecule has 0 bridgehead atoms. The van der Waals surface area contributed by atoms with Gasteiger partial charge in [0.2, 0.25) is 11.8 Å². The number of para-hydroxylation sites is 2. The number of likely N-dealkylation sites (tertiary alicyclic amines) is 1. The normalized spacial score (nSPS) is 16.5. The molecule has 32 heavy (non-hydrogen) atoms. The Hall–Kier alpha value is -4.00. The molecule has 0 aliphatic carbocycles. The van der Waals surface area contributed by atoms with E-state index < -0.39 is 5.92 Å². The first-order chi connectivity index (χ1) is 15.5. The molecule has 2 unspecified atom stereocenters. The fourth-order valence-electron chi connectivity index (χ4n) is 3.82. The Morgan fingerprint density at radius 2 is 1.66 bits per heavy atom. The van der Waals surface area contributed by atoms with Crippen molar-refractivity contribution >= 4 is 29.1 Å². The van der Waals surface area contributed by atoms with Gasteiger partial charge in [-0.25, -0.2) is 0 Å². The van der Waals surface area contributed by atoms with Crippen LogP contribution in [0.15, 0.2) is 79.1 Å². The molecule has 7 nitrogen and oxygen atoms in total. The smallest absolute Gasteiger partial charge is 0.257 e. The third kappa shape index (κ3) is 4.67. The Kier molecular flexibility index (Phi) is 6.26. The Morgan fingerprint density at radius 3 is 2.34 bits per heavy atom. The van der Waals surface area contributed by atoms with Crippen molar-refractivity contribution < 1.29 is 14.4 Å². The van der Waals surface area contributed by atoms with Crippen molar-refractivity contribution in [3.63, 3.8) is 0 Å². The molecule has 0 saturated carbocycles. The second-order valence-corrected chi connectivity index (χ2v) is 7.76. The van der Waals surface area contributed by atoms with Crippen LogP contribution >= 0.6 is 0 Å². The maximum atomic E-state index is 13.0. The summed E-state index contributed by atoms with van der Waals surface area (Å²) in [7, 11) is 0. The van der Waals surface area contributed by atoms with Gasteiger partial charge in [-0.2, -0.15) is 0 Å². The molecule has 1 aliphatic heterocycles. The van der Waals surface area contributed by atoms with E-state index in [4.69, 9.17) is 0 Å². The molecule has 2 aromatic carbocycles. The molecule has 7 heteroatoms. The molecular formula is C25H24N4O3. The van der Waals surface area contributed by atoms with Crippen LogP contribution in [0.4, 0.5) is 11.4 Å². The molecule has 1 fully saturated rings. The van der Waals surface area contributed by atoms with Gasteiger partial charge in [0.05, 0.1) is 28.9 Å². The van der Waals surface area contributed by atoms with Gasteiger partial charge in [-0.3, -0.25) is 19.4 Å². The molecule has 1 aliphatic rings. The molecule has 4 rings (SSSR count). The minimum atomic E-state index is -0.462.